The lowest BCUT2D eigenvalue weighted by Gasteiger charge is -2.25. The van der Waals surface area contributed by atoms with Gasteiger partial charge in [0.2, 0.25) is 5.91 Å². The number of amides is 1. The molecule has 1 fully saturated rings. The first-order valence-corrected chi connectivity index (χ1v) is 5.69. The molecule has 1 N–H and O–H groups in total. The molecule has 0 atom stereocenters. The third-order valence-corrected chi connectivity index (χ3v) is 2.78. The standard InChI is InChI=1S/C13H14N2O2/c14-8-10-3-1-4-11(7-10)15-13(16)9-17-12-5-2-6-12/h1,3-4,7,12H,2,5-6,9H2,(H,15,16). The van der Waals surface area contributed by atoms with Gasteiger partial charge in [0.25, 0.3) is 0 Å². The number of carbonyl (C=O) groups excluding carboxylic acids is 1. The molecular formula is C13H14N2O2. The van der Waals surface area contributed by atoms with E-state index in [1.54, 1.807) is 24.3 Å². The van der Waals surface area contributed by atoms with Crippen LogP contribution < -0.4 is 5.32 Å². The number of hydrogen-bond donors (Lipinski definition) is 1. The Morgan fingerprint density at radius 3 is 3.00 bits per heavy atom. The zero-order valence-corrected chi connectivity index (χ0v) is 9.48. The lowest BCUT2D eigenvalue weighted by atomic mass is 9.96. The van der Waals surface area contributed by atoms with Crippen LogP contribution in [-0.4, -0.2) is 18.6 Å². The molecule has 1 saturated carbocycles. The van der Waals surface area contributed by atoms with Crippen molar-refractivity contribution in [3.05, 3.63) is 29.8 Å². The molecule has 4 nitrogen and oxygen atoms in total. The van der Waals surface area contributed by atoms with Crippen molar-refractivity contribution >= 4 is 11.6 Å². The number of rotatable bonds is 4. The van der Waals surface area contributed by atoms with Crippen LogP contribution in [0.1, 0.15) is 24.8 Å². The first kappa shape index (κ1) is 11.6. The smallest absolute Gasteiger partial charge is 0.250 e. The largest absolute Gasteiger partial charge is 0.368 e. The highest BCUT2D eigenvalue weighted by Gasteiger charge is 2.18. The molecule has 0 saturated heterocycles. The molecule has 0 bridgehead atoms. The Morgan fingerprint density at radius 1 is 1.53 bits per heavy atom. The molecule has 17 heavy (non-hydrogen) atoms. The maximum atomic E-state index is 11.5. The molecule has 1 aliphatic rings. The molecule has 1 aromatic rings. The molecule has 88 valence electrons. The first-order chi connectivity index (χ1) is 8.28. The van der Waals surface area contributed by atoms with E-state index in [1.165, 1.54) is 6.42 Å². The van der Waals surface area contributed by atoms with E-state index in [-0.39, 0.29) is 18.6 Å². The van der Waals surface area contributed by atoms with Crippen molar-refractivity contribution in [1.82, 2.24) is 0 Å². The molecule has 0 aliphatic heterocycles. The highest BCUT2D eigenvalue weighted by Crippen LogP contribution is 2.21. The second-order valence-electron chi connectivity index (χ2n) is 4.10. The Labute approximate surface area is 100 Å². The molecule has 1 aliphatic carbocycles. The Bertz CT molecular complexity index is 447. The van der Waals surface area contributed by atoms with Crippen molar-refractivity contribution in [1.29, 1.82) is 5.26 Å². The monoisotopic (exact) mass is 230 g/mol. The Morgan fingerprint density at radius 2 is 2.35 bits per heavy atom. The Balaban J connectivity index is 1.82. The highest BCUT2D eigenvalue weighted by atomic mass is 16.5. The van der Waals surface area contributed by atoms with E-state index >= 15 is 0 Å². The summed E-state index contributed by atoms with van der Waals surface area (Å²) in [4.78, 5) is 11.5. The van der Waals surface area contributed by atoms with Crippen LogP contribution >= 0.6 is 0 Å². The summed E-state index contributed by atoms with van der Waals surface area (Å²) < 4.78 is 5.39. The molecule has 0 unspecified atom stereocenters. The average molecular weight is 230 g/mol. The van der Waals surface area contributed by atoms with Crippen molar-refractivity contribution in [3.63, 3.8) is 0 Å². The third kappa shape index (κ3) is 3.30. The summed E-state index contributed by atoms with van der Waals surface area (Å²) in [5.74, 6) is -0.174. The van der Waals surface area contributed by atoms with E-state index in [0.717, 1.165) is 12.8 Å². The molecule has 0 radical (unpaired) electrons. The van der Waals surface area contributed by atoms with Gasteiger partial charge in [-0.15, -0.1) is 0 Å². The van der Waals surface area contributed by atoms with Crippen molar-refractivity contribution in [2.45, 2.75) is 25.4 Å². The molecular weight excluding hydrogens is 216 g/mol. The molecule has 0 spiro atoms. The number of nitrogens with one attached hydrogen (secondary N) is 1. The molecule has 1 aromatic carbocycles. The Kier molecular flexibility index (Phi) is 3.73. The van der Waals surface area contributed by atoms with Crippen LogP contribution in [0.2, 0.25) is 0 Å². The Hall–Kier alpha value is -1.86. The van der Waals surface area contributed by atoms with Crippen LogP contribution in [0.3, 0.4) is 0 Å². The van der Waals surface area contributed by atoms with Gasteiger partial charge in [0.15, 0.2) is 0 Å². The van der Waals surface area contributed by atoms with Gasteiger partial charge in [-0.2, -0.15) is 5.26 Å². The molecule has 2 rings (SSSR count). The summed E-state index contributed by atoms with van der Waals surface area (Å²) in [6, 6.07) is 8.85. The summed E-state index contributed by atoms with van der Waals surface area (Å²) in [7, 11) is 0. The lowest BCUT2D eigenvalue weighted by Crippen LogP contribution is -2.27. The summed E-state index contributed by atoms with van der Waals surface area (Å²) in [5.41, 5.74) is 1.16. The second-order valence-corrected chi connectivity index (χ2v) is 4.10. The number of carbonyl (C=O) groups is 1. The summed E-state index contributed by atoms with van der Waals surface area (Å²) in [6.45, 7) is 0.0848. The number of benzene rings is 1. The lowest BCUT2D eigenvalue weighted by molar-refractivity contribution is -0.124. The van der Waals surface area contributed by atoms with Crippen LogP contribution in [0, 0.1) is 11.3 Å². The van der Waals surface area contributed by atoms with Gasteiger partial charge < -0.3 is 10.1 Å². The van der Waals surface area contributed by atoms with Gasteiger partial charge >= 0.3 is 0 Å². The van der Waals surface area contributed by atoms with Gasteiger partial charge in [-0.05, 0) is 37.5 Å². The minimum atomic E-state index is -0.174. The van der Waals surface area contributed by atoms with Gasteiger partial charge in [-0.3, -0.25) is 4.79 Å². The number of ether oxygens (including phenoxy) is 1. The van der Waals surface area contributed by atoms with E-state index in [0.29, 0.717) is 11.3 Å². The SMILES string of the molecule is N#Cc1cccc(NC(=O)COC2CCC2)c1. The van der Waals surface area contributed by atoms with Crippen LogP contribution in [-0.2, 0) is 9.53 Å². The number of nitrogens with zero attached hydrogens (tertiary/aromatic N) is 1. The van der Waals surface area contributed by atoms with E-state index in [9.17, 15) is 4.79 Å². The second kappa shape index (κ2) is 5.46. The zero-order valence-electron chi connectivity index (χ0n) is 9.48. The zero-order chi connectivity index (χ0) is 12.1. The van der Waals surface area contributed by atoms with Gasteiger partial charge in [-0.25, -0.2) is 0 Å². The van der Waals surface area contributed by atoms with Gasteiger partial charge in [0.1, 0.15) is 6.61 Å². The van der Waals surface area contributed by atoms with Crippen LogP contribution in [0.4, 0.5) is 5.69 Å². The van der Waals surface area contributed by atoms with Gasteiger partial charge in [-0.1, -0.05) is 6.07 Å². The summed E-state index contributed by atoms with van der Waals surface area (Å²) in [6.07, 6.45) is 3.55. The van der Waals surface area contributed by atoms with Crippen LogP contribution in [0.15, 0.2) is 24.3 Å². The van der Waals surface area contributed by atoms with Crippen molar-refractivity contribution < 1.29 is 9.53 Å². The fourth-order valence-electron chi connectivity index (χ4n) is 1.59. The minimum Gasteiger partial charge on any atom is -0.368 e. The van der Waals surface area contributed by atoms with Crippen LogP contribution in [0.25, 0.3) is 0 Å². The van der Waals surface area contributed by atoms with E-state index in [4.69, 9.17) is 10.00 Å². The van der Waals surface area contributed by atoms with E-state index < -0.39 is 0 Å². The first-order valence-electron chi connectivity index (χ1n) is 5.69. The fraction of sp³-hybridized carbons (Fsp3) is 0.385. The van der Waals surface area contributed by atoms with Gasteiger partial charge in [0.05, 0.1) is 17.7 Å². The maximum absolute atomic E-state index is 11.5. The summed E-state index contributed by atoms with van der Waals surface area (Å²) in [5, 5.41) is 11.4. The highest BCUT2D eigenvalue weighted by molar-refractivity contribution is 5.91. The number of nitriles is 1. The maximum Gasteiger partial charge on any atom is 0.250 e. The number of anilines is 1. The van der Waals surface area contributed by atoms with E-state index in [2.05, 4.69) is 5.32 Å². The quantitative estimate of drug-likeness (QED) is 0.861. The fourth-order valence-corrected chi connectivity index (χ4v) is 1.59. The summed E-state index contributed by atoms with van der Waals surface area (Å²) >= 11 is 0. The van der Waals surface area contributed by atoms with Crippen LogP contribution in [0.5, 0.6) is 0 Å². The normalized spacial score (nSPS) is 14.8. The van der Waals surface area contributed by atoms with Crippen molar-refractivity contribution in [2.24, 2.45) is 0 Å². The molecule has 1 amide bonds. The predicted octanol–water partition coefficient (Wildman–Crippen LogP) is 2.07. The van der Waals surface area contributed by atoms with Crippen molar-refractivity contribution in [3.8, 4) is 6.07 Å². The third-order valence-electron chi connectivity index (χ3n) is 2.78. The van der Waals surface area contributed by atoms with E-state index in [1.807, 2.05) is 6.07 Å². The van der Waals surface area contributed by atoms with Crippen molar-refractivity contribution in [2.75, 3.05) is 11.9 Å². The number of hydrogen-bond acceptors (Lipinski definition) is 3. The molecule has 0 heterocycles. The predicted molar refractivity (Wildman–Crippen MR) is 63.4 cm³/mol. The molecule has 4 heteroatoms. The topological polar surface area (TPSA) is 62.1 Å². The van der Waals surface area contributed by atoms with Gasteiger partial charge in [0, 0.05) is 5.69 Å². The minimum absolute atomic E-state index is 0.0848. The molecule has 0 aromatic heterocycles. The average Bonchev–Trinajstić information content (AvgIpc) is 2.27.